The maximum absolute atomic E-state index is 5.99. The number of benzene rings is 3. The molecular weight excluding hydrogens is 338 g/mol. The first kappa shape index (κ1) is 15.9. The Balaban J connectivity index is 1.61. The summed E-state index contributed by atoms with van der Waals surface area (Å²) in [6.45, 7) is 2.24. The molecule has 0 amide bonds. The number of para-hydroxylation sites is 1. The molecule has 4 aromatic rings. The monoisotopic (exact) mass is 357 g/mol. The summed E-state index contributed by atoms with van der Waals surface area (Å²) in [7, 11) is 0. The first-order valence-corrected chi connectivity index (χ1v) is 8.93. The molecule has 0 bridgehead atoms. The van der Waals surface area contributed by atoms with Crippen LogP contribution in [0.15, 0.2) is 67.0 Å². The molecule has 2 N–H and O–H groups in total. The number of imidazole rings is 1. The molecule has 2 heterocycles. The molecule has 5 nitrogen and oxygen atoms in total. The SMILES string of the molecule is C[C@H](N)c1ccc2c(c1)ncn2-c1cccc(-c2cccc3c2OCO3)c1. The minimum absolute atomic E-state index is 0.00901. The molecule has 5 heteroatoms. The van der Waals surface area contributed by atoms with Gasteiger partial charge < -0.3 is 15.2 Å². The Hall–Kier alpha value is -3.31. The summed E-state index contributed by atoms with van der Waals surface area (Å²) in [6.07, 6.45) is 1.85. The fourth-order valence-electron chi connectivity index (χ4n) is 3.50. The number of nitrogens with zero attached hydrogens (tertiary/aromatic N) is 2. The predicted molar refractivity (Wildman–Crippen MR) is 105 cm³/mol. The van der Waals surface area contributed by atoms with E-state index in [4.69, 9.17) is 15.2 Å². The number of hydrogen-bond acceptors (Lipinski definition) is 4. The second kappa shape index (κ2) is 6.14. The molecule has 0 unspecified atom stereocenters. The molecule has 0 spiro atoms. The molecule has 1 aromatic heterocycles. The van der Waals surface area contributed by atoms with Crippen molar-refractivity contribution in [2.45, 2.75) is 13.0 Å². The van der Waals surface area contributed by atoms with Crippen LogP contribution in [0.2, 0.25) is 0 Å². The zero-order valence-corrected chi connectivity index (χ0v) is 14.9. The van der Waals surface area contributed by atoms with Crippen LogP contribution in [0, 0.1) is 0 Å². The van der Waals surface area contributed by atoms with Gasteiger partial charge in [0.05, 0.1) is 11.0 Å². The van der Waals surface area contributed by atoms with Crippen LogP contribution >= 0.6 is 0 Å². The van der Waals surface area contributed by atoms with Gasteiger partial charge in [-0.15, -0.1) is 0 Å². The Morgan fingerprint density at radius 2 is 1.93 bits per heavy atom. The zero-order chi connectivity index (χ0) is 18.4. The molecule has 0 saturated carbocycles. The first-order chi connectivity index (χ1) is 13.2. The van der Waals surface area contributed by atoms with Crippen molar-refractivity contribution < 1.29 is 9.47 Å². The number of ether oxygens (including phenoxy) is 2. The van der Waals surface area contributed by atoms with Crippen LogP contribution in [-0.4, -0.2) is 16.3 Å². The van der Waals surface area contributed by atoms with Gasteiger partial charge in [0, 0.05) is 17.3 Å². The molecular formula is C22H19N3O2. The number of aromatic nitrogens is 2. The lowest BCUT2D eigenvalue weighted by molar-refractivity contribution is 0.174. The third-order valence-corrected chi connectivity index (χ3v) is 4.93. The summed E-state index contributed by atoms with van der Waals surface area (Å²) in [6, 6.07) is 20.5. The van der Waals surface area contributed by atoms with Gasteiger partial charge in [-0.2, -0.15) is 0 Å². The summed E-state index contributed by atoms with van der Waals surface area (Å²) in [5.74, 6) is 1.58. The van der Waals surface area contributed by atoms with Gasteiger partial charge in [-0.25, -0.2) is 4.98 Å². The van der Waals surface area contributed by atoms with Crippen molar-refractivity contribution >= 4 is 11.0 Å². The molecule has 1 aliphatic heterocycles. The average molecular weight is 357 g/mol. The fraction of sp³-hybridized carbons (Fsp3) is 0.136. The van der Waals surface area contributed by atoms with E-state index in [-0.39, 0.29) is 12.8 Å². The van der Waals surface area contributed by atoms with E-state index >= 15 is 0 Å². The second-order valence-corrected chi connectivity index (χ2v) is 6.74. The topological polar surface area (TPSA) is 62.3 Å². The van der Waals surface area contributed by atoms with Crippen LogP contribution in [-0.2, 0) is 0 Å². The molecule has 0 aliphatic carbocycles. The third kappa shape index (κ3) is 2.64. The fourth-order valence-corrected chi connectivity index (χ4v) is 3.50. The minimum atomic E-state index is -0.00901. The van der Waals surface area contributed by atoms with E-state index in [0.29, 0.717) is 0 Å². The zero-order valence-electron chi connectivity index (χ0n) is 14.9. The van der Waals surface area contributed by atoms with Crippen LogP contribution in [0.4, 0.5) is 0 Å². The van der Waals surface area contributed by atoms with E-state index in [9.17, 15) is 0 Å². The molecule has 1 aliphatic rings. The van der Waals surface area contributed by atoms with E-state index in [1.165, 1.54) is 0 Å². The maximum Gasteiger partial charge on any atom is 0.231 e. The molecule has 27 heavy (non-hydrogen) atoms. The van der Waals surface area contributed by atoms with E-state index in [2.05, 4.69) is 45.9 Å². The van der Waals surface area contributed by atoms with Gasteiger partial charge in [-0.1, -0.05) is 30.3 Å². The molecule has 1 atom stereocenters. The highest BCUT2D eigenvalue weighted by Crippen LogP contribution is 2.41. The van der Waals surface area contributed by atoms with Crippen molar-refractivity contribution in [3.63, 3.8) is 0 Å². The lowest BCUT2D eigenvalue weighted by Gasteiger charge is -2.10. The Morgan fingerprint density at radius 3 is 2.81 bits per heavy atom. The minimum Gasteiger partial charge on any atom is -0.454 e. The Morgan fingerprint density at radius 1 is 1.04 bits per heavy atom. The molecule has 0 fully saturated rings. The Labute approximate surface area is 157 Å². The molecule has 134 valence electrons. The van der Waals surface area contributed by atoms with Gasteiger partial charge >= 0.3 is 0 Å². The van der Waals surface area contributed by atoms with Crippen LogP contribution in [0.3, 0.4) is 0 Å². The van der Waals surface area contributed by atoms with Gasteiger partial charge in [-0.05, 0) is 48.4 Å². The molecule has 3 aromatic carbocycles. The molecule has 5 rings (SSSR count). The van der Waals surface area contributed by atoms with E-state index in [1.807, 2.05) is 37.5 Å². The summed E-state index contributed by atoms with van der Waals surface area (Å²) in [5.41, 5.74) is 12.2. The number of nitrogens with two attached hydrogens (primary N) is 1. The van der Waals surface area contributed by atoms with Gasteiger partial charge in [0.25, 0.3) is 0 Å². The summed E-state index contributed by atoms with van der Waals surface area (Å²) in [4.78, 5) is 4.56. The number of fused-ring (bicyclic) bond motifs is 2. The Bertz CT molecular complexity index is 1150. The largest absolute Gasteiger partial charge is 0.454 e. The van der Waals surface area contributed by atoms with Gasteiger partial charge in [-0.3, -0.25) is 4.57 Å². The lowest BCUT2D eigenvalue weighted by atomic mass is 10.0. The second-order valence-electron chi connectivity index (χ2n) is 6.74. The van der Waals surface area contributed by atoms with Crippen molar-refractivity contribution in [2.24, 2.45) is 5.73 Å². The van der Waals surface area contributed by atoms with E-state index in [1.54, 1.807) is 0 Å². The quantitative estimate of drug-likeness (QED) is 0.589. The summed E-state index contributed by atoms with van der Waals surface area (Å²) < 4.78 is 13.3. The maximum atomic E-state index is 5.99. The van der Waals surface area contributed by atoms with E-state index < -0.39 is 0 Å². The number of hydrogen-bond donors (Lipinski definition) is 1. The van der Waals surface area contributed by atoms with Gasteiger partial charge in [0.15, 0.2) is 11.5 Å². The lowest BCUT2D eigenvalue weighted by Crippen LogP contribution is -2.04. The standard InChI is InChI=1S/C22H19N3O2/c1-14(23)15-8-9-20-19(11-15)24-12-25(20)17-5-2-4-16(10-17)18-6-3-7-21-22(18)27-13-26-21/h2-12,14H,13,23H2,1H3/t14-/m0/s1. The highest BCUT2D eigenvalue weighted by atomic mass is 16.7. The van der Waals surface area contributed by atoms with Crippen LogP contribution < -0.4 is 15.2 Å². The smallest absolute Gasteiger partial charge is 0.231 e. The first-order valence-electron chi connectivity index (χ1n) is 8.93. The summed E-state index contributed by atoms with van der Waals surface area (Å²) >= 11 is 0. The summed E-state index contributed by atoms with van der Waals surface area (Å²) in [5, 5.41) is 0. The van der Waals surface area contributed by atoms with E-state index in [0.717, 1.165) is 44.9 Å². The number of rotatable bonds is 3. The highest BCUT2D eigenvalue weighted by molar-refractivity contribution is 5.80. The van der Waals surface area contributed by atoms with Crippen molar-refractivity contribution in [3.8, 4) is 28.3 Å². The predicted octanol–water partition coefficient (Wildman–Crippen LogP) is 4.44. The van der Waals surface area contributed by atoms with Crippen LogP contribution in [0.1, 0.15) is 18.5 Å². The van der Waals surface area contributed by atoms with Gasteiger partial charge in [0.2, 0.25) is 6.79 Å². The average Bonchev–Trinajstić information content (AvgIpc) is 3.34. The molecule has 0 saturated heterocycles. The van der Waals surface area contributed by atoms with Gasteiger partial charge in [0.1, 0.15) is 6.33 Å². The highest BCUT2D eigenvalue weighted by Gasteiger charge is 2.18. The Kier molecular flexibility index (Phi) is 3.62. The van der Waals surface area contributed by atoms with Crippen molar-refractivity contribution in [3.05, 3.63) is 72.6 Å². The van der Waals surface area contributed by atoms with Crippen LogP contribution in [0.25, 0.3) is 27.8 Å². The molecule has 0 radical (unpaired) electrons. The normalized spacial score (nSPS) is 13.9. The van der Waals surface area contributed by atoms with Crippen molar-refractivity contribution in [2.75, 3.05) is 6.79 Å². The van der Waals surface area contributed by atoms with Crippen LogP contribution in [0.5, 0.6) is 11.5 Å². The van der Waals surface area contributed by atoms with Crippen molar-refractivity contribution in [1.82, 2.24) is 9.55 Å². The van der Waals surface area contributed by atoms with Crippen molar-refractivity contribution in [1.29, 1.82) is 0 Å². The third-order valence-electron chi connectivity index (χ3n) is 4.93.